The fourth-order valence-corrected chi connectivity index (χ4v) is 3.73. The molecule has 2 rings (SSSR count). The van der Waals surface area contributed by atoms with Crippen LogP contribution in [0.2, 0.25) is 0 Å². The van der Waals surface area contributed by atoms with E-state index in [4.69, 9.17) is 4.74 Å². The highest BCUT2D eigenvalue weighted by Crippen LogP contribution is 2.34. The van der Waals surface area contributed by atoms with E-state index >= 15 is 0 Å². The van der Waals surface area contributed by atoms with Crippen LogP contribution in [0.1, 0.15) is 61.1 Å². The molecule has 0 aliphatic heterocycles. The highest BCUT2D eigenvalue weighted by Gasteiger charge is 2.23. The van der Waals surface area contributed by atoms with Crippen LogP contribution >= 0.6 is 11.8 Å². The molecular formula is C15H22N2O3S. The zero-order valence-electron chi connectivity index (χ0n) is 12.6. The van der Waals surface area contributed by atoms with Crippen molar-refractivity contribution in [3.8, 4) is 0 Å². The number of aromatic nitrogens is 2. The molecule has 0 spiro atoms. The van der Waals surface area contributed by atoms with Crippen molar-refractivity contribution in [1.82, 2.24) is 9.78 Å². The van der Waals surface area contributed by atoms with Crippen molar-refractivity contribution in [1.29, 1.82) is 0 Å². The molecule has 1 aromatic heterocycles. The molecule has 0 aromatic carbocycles. The van der Waals surface area contributed by atoms with Gasteiger partial charge in [0.25, 0.3) is 0 Å². The molecule has 5 nitrogen and oxygen atoms in total. The molecule has 1 saturated carbocycles. The van der Waals surface area contributed by atoms with Gasteiger partial charge in [0.15, 0.2) is 6.29 Å². The number of rotatable bonds is 6. The average molecular weight is 310 g/mol. The largest absolute Gasteiger partial charge is 0.465 e. The molecule has 1 aromatic rings. The maximum absolute atomic E-state index is 11.5. The van der Waals surface area contributed by atoms with Gasteiger partial charge in [0.05, 0.1) is 29.7 Å². The van der Waals surface area contributed by atoms with E-state index in [1.165, 1.54) is 31.0 Å². The Morgan fingerprint density at radius 3 is 2.76 bits per heavy atom. The van der Waals surface area contributed by atoms with Gasteiger partial charge in [-0.05, 0) is 26.7 Å². The summed E-state index contributed by atoms with van der Waals surface area (Å²) in [7, 11) is 0. The number of esters is 1. The molecule has 1 aliphatic rings. The summed E-state index contributed by atoms with van der Waals surface area (Å²) in [6, 6.07) is 0.343. The number of aryl methyl sites for hydroxylation is 1. The highest BCUT2D eigenvalue weighted by atomic mass is 32.2. The van der Waals surface area contributed by atoms with Gasteiger partial charge in [-0.1, -0.05) is 31.0 Å². The third-order valence-corrected chi connectivity index (χ3v) is 4.82. The first-order valence-electron chi connectivity index (χ1n) is 7.50. The van der Waals surface area contributed by atoms with Crippen LogP contribution in [0, 0.1) is 6.92 Å². The molecule has 0 unspecified atom stereocenters. The summed E-state index contributed by atoms with van der Waals surface area (Å²) in [5, 5.41) is 5.35. The first-order valence-corrected chi connectivity index (χ1v) is 8.48. The Bertz CT molecular complexity index is 507. The van der Waals surface area contributed by atoms with Gasteiger partial charge in [-0.25, -0.2) is 0 Å². The molecule has 1 fully saturated rings. The third-order valence-electron chi connectivity index (χ3n) is 3.76. The van der Waals surface area contributed by atoms with Gasteiger partial charge in [0.2, 0.25) is 0 Å². The second kappa shape index (κ2) is 7.64. The van der Waals surface area contributed by atoms with E-state index < -0.39 is 0 Å². The number of hydrogen-bond acceptors (Lipinski definition) is 5. The Labute approximate surface area is 129 Å². The maximum Gasteiger partial charge on any atom is 0.316 e. The van der Waals surface area contributed by atoms with E-state index in [0.717, 1.165) is 29.8 Å². The molecule has 0 N–H and O–H groups in total. The molecule has 21 heavy (non-hydrogen) atoms. The lowest BCUT2D eigenvalue weighted by atomic mass is 9.96. The molecule has 6 heteroatoms. The standard InChI is InChI=1S/C15H22N2O3S/c1-3-20-14(19)10-21-15-13(9-18)11(2)16-17(15)12-7-5-4-6-8-12/h9,12H,3-8,10H2,1-2H3. The Morgan fingerprint density at radius 1 is 1.43 bits per heavy atom. The Hall–Kier alpha value is -1.30. The summed E-state index contributed by atoms with van der Waals surface area (Å²) in [5.41, 5.74) is 1.34. The van der Waals surface area contributed by atoms with Crippen molar-refractivity contribution >= 4 is 24.0 Å². The Balaban J connectivity index is 2.19. The highest BCUT2D eigenvalue weighted by molar-refractivity contribution is 8.00. The summed E-state index contributed by atoms with van der Waals surface area (Å²) < 4.78 is 6.91. The van der Waals surface area contributed by atoms with Gasteiger partial charge in [-0.2, -0.15) is 5.10 Å². The minimum atomic E-state index is -0.256. The zero-order valence-corrected chi connectivity index (χ0v) is 13.4. The number of ether oxygens (including phenoxy) is 1. The fraction of sp³-hybridized carbons (Fsp3) is 0.667. The van der Waals surface area contributed by atoms with E-state index in [2.05, 4.69) is 5.10 Å². The zero-order chi connectivity index (χ0) is 15.2. The first-order chi connectivity index (χ1) is 10.2. The predicted octanol–water partition coefficient (Wildman–Crippen LogP) is 3.16. The van der Waals surface area contributed by atoms with E-state index in [1.807, 2.05) is 11.6 Å². The number of hydrogen-bond donors (Lipinski definition) is 0. The lowest BCUT2D eigenvalue weighted by Crippen LogP contribution is -2.16. The summed E-state index contributed by atoms with van der Waals surface area (Å²) in [6.07, 6.45) is 6.68. The van der Waals surface area contributed by atoms with Gasteiger partial charge >= 0.3 is 5.97 Å². The lowest BCUT2D eigenvalue weighted by Gasteiger charge is -2.23. The van der Waals surface area contributed by atoms with Crippen molar-refractivity contribution < 1.29 is 14.3 Å². The fourth-order valence-electron chi connectivity index (χ4n) is 2.72. The molecule has 0 bridgehead atoms. The molecule has 0 atom stereocenters. The van der Waals surface area contributed by atoms with E-state index in [9.17, 15) is 9.59 Å². The minimum absolute atomic E-state index is 0.215. The van der Waals surface area contributed by atoms with Crippen LogP contribution in [0.4, 0.5) is 0 Å². The van der Waals surface area contributed by atoms with E-state index in [0.29, 0.717) is 18.2 Å². The van der Waals surface area contributed by atoms with Gasteiger partial charge in [-0.15, -0.1) is 0 Å². The molecule has 116 valence electrons. The number of nitrogens with zero attached hydrogens (tertiary/aromatic N) is 2. The van der Waals surface area contributed by atoms with Crippen LogP contribution in [0.25, 0.3) is 0 Å². The summed E-state index contributed by atoms with van der Waals surface area (Å²) >= 11 is 1.36. The Kier molecular flexibility index (Phi) is 5.85. The Morgan fingerprint density at radius 2 is 2.14 bits per heavy atom. The van der Waals surface area contributed by atoms with E-state index in [1.54, 1.807) is 6.92 Å². The van der Waals surface area contributed by atoms with Crippen molar-refractivity contribution in [2.75, 3.05) is 12.4 Å². The summed E-state index contributed by atoms with van der Waals surface area (Å²) in [5.74, 6) is -0.0413. The van der Waals surface area contributed by atoms with Gasteiger partial charge in [-0.3, -0.25) is 14.3 Å². The second-order valence-electron chi connectivity index (χ2n) is 5.25. The molecule has 0 radical (unpaired) electrons. The summed E-state index contributed by atoms with van der Waals surface area (Å²) in [6.45, 7) is 4.01. The number of thioether (sulfide) groups is 1. The molecular weight excluding hydrogens is 288 g/mol. The van der Waals surface area contributed by atoms with Crippen molar-refractivity contribution in [2.45, 2.75) is 57.0 Å². The third kappa shape index (κ3) is 3.87. The van der Waals surface area contributed by atoms with Gasteiger partial charge in [0, 0.05) is 0 Å². The second-order valence-corrected chi connectivity index (χ2v) is 6.22. The quantitative estimate of drug-likeness (QED) is 0.459. The van der Waals surface area contributed by atoms with Crippen LogP contribution in [0.3, 0.4) is 0 Å². The number of aldehydes is 1. The van der Waals surface area contributed by atoms with Crippen LogP contribution < -0.4 is 0 Å². The summed E-state index contributed by atoms with van der Waals surface area (Å²) in [4.78, 5) is 22.9. The molecule has 1 heterocycles. The lowest BCUT2D eigenvalue weighted by molar-refractivity contribution is -0.139. The van der Waals surface area contributed by atoms with Gasteiger partial charge < -0.3 is 4.74 Å². The normalized spacial score (nSPS) is 15.9. The van der Waals surface area contributed by atoms with Crippen molar-refractivity contribution in [3.05, 3.63) is 11.3 Å². The van der Waals surface area contributed by atoms with Crippen molar-refractivity contribution in [2.24, 2.45) is 0 Å². The number of carbonyl (C=O) groups excluding carboxylic acids is 2. The van der Waals surface area contributed by atoms with Crippen LogP contribution in [-0.2, 0) is 9.53 Å². The average Bonchev–Trinajstić information content (AvgIpc) is 2.82. The monoisotopic (exact) mass is 310 g/mol. The predicted molar refractivity (Wildman–Crippen MR) is 81.8 cm³/mol. The molecule has 1 aliphatic carbocycles. The van der Waals surface area contributed by atoms with Crippen LogP contribution in [0.5, 0.6) is 0 Å². The van der Waals surface area contributed by atoms with Crippen molar-refractivity contribution in [3.63, 3.8) is 0 Å². The first kappa shape index (κ1) is 16.1. The molecule has 0 amide bonds. The van der Waals surface area contributed by atoms with Crippen LogP contribution in [0.15, 0.2) is 5.03 Å². The minimum Gasteiger partial charge on any atom is -0.465 e. The van der Waals surface area contributed by atoms with Gasteiger partial charge in [0.1, 0.15) is 5.03 Å². The maximum atomic E-state index is 11.5. The number of carbonyl (C=O) groups is 2. The van der Waals surface area contributed by atoms with E-state index in [-0.39, 0.29) is 11.7 Å². The topological polar surface area (TPSA) is 61.2 Å². The van der Waals surface area contributed by atoms with Crippen LogP contribution in [-0.4, -0.2) is 34.4 Å². The molecule has 0 saturated heterocycles. The smallest absolute Gasteiger partial charge is 0.316 e. The SMILES string of the molecule is CCOC(=O)CSc1c(C=O)c(C)nn1C1CCCCC1.